The minimum Gasteiger partial charge on any atom is -0.458 e. The number of rotatable bonds is 4. The topological polar surface area (TPSA) is 135 Å². The Morgan fingerprint density at radius 1 is 1.03 bits per heavy atom. The van der Waals surface area contributed by atoms with Crippen LogP contribution in [0.15, 0.2) is 11.6 Å². The maximum absolute atomic E-state index is 12.4. The van der Waals surface area contributed by atoms with Crippen LogP contribution in [0.1, 0.15) is 72.1 Å². The fraction of sp³-hybridized carbons (Fsp3) is 0.900. The number of carbonyl (C=O) groups excluding carboxylic acids is 1. The lowest BCUT2D eigenvalue weighted by Crippen LogP contribution is -2.62. The summed E-state index contributed by atoms with van der Waals surface area (Å²) in [5.41, 5.74) is -0.601. The van der Waals surface area contributed by atoms with Crippen molar-refractivity contribution in [3.63, 3.8) is 0 Å². The van der Waals surface area contributed by atoms with E-state index in [0.717, 1.165) is 50.5 Å². The molecule has 0 bridgehead atoms. The first-order valence-electron chi connectivity index (χ1n) is 14.9. The number of hydrogen-bond donors (Lipinski definition) is 4. The highest BCUT2D eigenvalue weighted by atomic mass is 16.7. The molecule has 4 aliphatic carbocycles. The summed E-state index contributed by atoms with van der Waals surface area (Å²) in [6.07, 6.45) is 3.40. The molecule has 5 fully saturated rings. The summed E-state index contributed by atoms with van der Waals surface area (Å²) in [6.45, 7) is 6.48. The number of hydrogen-bond acceptors (Lipinski definition) is 9. The van der Waals surface area contributed by atoms with Crippen molar-refractivity contribution in [1.29, 1.82) is 0 Å². The summed E-state index contributed by atoms with van der Waals surface area (Å²) < 4.78 is 22.7. The van der Waals surface area contributed by atoms with Gasteiger partial charge in [0.2, 0.25) is 0 Å². The Morgan fingerprint density at radius 3 is 2.49 bits per heavy atom. The quantitative estimate of drug-likeness (QED) is 0.307. The standard InChI is InChI=1S/C30H46O9/c1-15-24(33)26(36-4)25(34)27(38-15)39-18-7-9-28(2)17(12-18)5-6-20-19(28)8-10-29(3)23(16-11-22(32)37-14-16)21(31)13-30(20,29)35/h11,15,17-21,23-27,31,33-35H,5-10,12-14H2,1-4H3/t15-,17+,18+,19+,20-,21+,23+,24+,25-,26+,27+,28+,29-,30-/m1/s1. The molecule has 4 saturated carbocycles. The average Bonchev–Trinajstić information content (AvgIpc) is 3.39. The molecule has 9 heteroatoms. The number of aliphatic hydroxyl groups is 4. The molecule has 0 amide bonds. The van der Waals surface area contributed by atoms with E-state index in [1.165, 1.54) is 13.2 Å². The predicted octanol–water partition coefficient (Wildman–Crippen LogP) is 2.08. The van der Waals surface area contributed by atoms with E-state index in [-0.39, 0.29) is 35.9 Å². The molecule has 2 aliphatic heterocycles. The average molecular weight is 551 g/mol. The van der Waals surface area contributed by atoms with Gasteiger partial charge >= 0.3 is 5.97 Å². The number of esters is 1. The summed E-state index contributed by atoms with van der Waals surface area (Å²) in [4.78, 5) is 11.8. The SMILES string of the molecule is CO[C@H]1[C@@H](O)[C@@H](C)O[C@@H](O[C@H]2CC[C@@]3(C)[C@@H](CC[C@@H]4[C@@H]3CC[C@]3(C)[C@@H](C5=CC(=O)OC5)[C@@H](O)C[C@@]43O)C2)[C@@H]1O. The highest BCUT2D eigenvalue weighted by Gasteiger charge is 2.70. The van der Waals surface area contributed by atoms with E-state index in [2.05, 4.69) is 13.8 Å². The smallest absolute Gasteiger partial charge is 0.331 e. The zero-order chi connectivity index (χ0) is 27.9. The number of methoxy groups -OCH3 is 1. The van der Waals surface area contributed by atoms with Crippen LogP contribution in [-0.2, 0) is 23.7 Å². The van der Waals surface area contributed by atoms with E-state index in [0.29, 0.717) is 18.3 Å². The third kappa shape index (κ3) is 4.09. The van der Waals surface area contributed by atoms with E-state index in [9.17, 15) is 25.2 Å². The highest BCUT2D eigenvalue weighted by Crippen LogP contribution is 2.70. The molecule has 2 heterocycles. The van der Waals surface area contributed by atoms with Crippen LogP contribution >= 0.6 is 0 Å². The van der Waals surface area contributed by atoms with Gasteiger partial charge in [0.15, 0.2) is 6.29 Å². The first-order chi connectivity index (χ1) is 18.4. The Hall–Kier alpha value is -1.07. The van der Waals surface area contributed by atoms with Crippen molar-refractivity contribution in [2.45, 2.75) is 121 Å². The molecule has 9 nitrogen and oxygen atoms in total. The summed E-state index contributed by atoms with van der Waals surface area (Å²) in [5.74, 6) is 0.260. The molecule has 1 saturated heterocycles. The second-order valence-corrected chi connectivity index (χ2v) is 13.9. The maximum Gasteiger partial charge on any atom is 0.331 e. The normalized spacial score (nSPS) is 55.3. The van der Waals surface area contributed by atoms with Crippen LogP contribution in [0.2, 0.25) is 0 Å². The lowest BCUT2D eigenvalue weighted by Gasteiger charge is -2.63. The molecule has 0 aromatic rings. The Kier molecular flexibility index (Phi) is 7.02. The molecule has 0 aromatic carbocycles. The van der Waals surface area contributed by atoms with Crippen LogP contribution in [0, 0.1) is 34.5 Å². The first kappa shape index (κ1) is 28.1. The minimum absolute atomic E-state index is 0.0547. The molecular weight excluding hydrogens is 504 g/mol. The summed E-state index contributed by atoms with van der Waals surface area (Å²) in [6, 6.07) is 0. The molecule has 0 aromatic heterocycles. The molecule has 6 rings (SSSR count). The van der Waals surface area contributed by atoms with Gasteiger partial charge in [0.1, 0.15) is 24.9 Å². The van der Waals surface area contributed by atoms with Crippen LogP contribution in [0.25, 0.3) is 0 Å². The zero-order valence-electron chi connectivity index (χ0n) is 23.6. The van der Waals surface area contributed by atoms with Gasteiger partial charge in [-0.2, -0.15) is 0 Å². The largest absolute Gasteiger partial charge is 0.458 e. The molecule has 0 unspecified atom stereocenters. The number of aliphatic hydroxyl groups excluding tert-OH is 3. The molecule has 220 valence electrons. The zero-order valence-corrected chi connectivity index (χ0v) is 23.6. The number of fused-ring (bicyclic) bond motifs is 5. The van der Waals surface area contributed by atoms with Crippen molar-refractivity contribution in [3.8, 4) is 0 Å². The first-order valence-corrected chi connectivity index (χ1v) is 14.9. The molecule has 0 radical (unpaired) electrons. The predicted molar refractivity (Wildman–Crippen MR) is 139 cm³/mol. The summed E-state index contributed by atoms with van der Waals surface area (Å²) in [5, 5.41) is 44.7. The van der Waals surface area contributed by atoms with Crippen LogP contribution in [0.5, 0.6) is 0 Å². The van der Waals surface area contributed by atoms with Crippen molar-refractivity contribution in [2.24, 2.45) is 34.5 Å². The maximum atomic E-state index is 12.4. The second-order valence-electron chi connectivity index (χ2n) is 13.9. The third-order valence-electron chi connectivity index (χ3n) is 12.3. The molecule has 0 spiro atoms. The van der Waals surface area contributed by atoms with Gasteiger partial charge in [-0.25, -0.2) is 4.79 Å². The van der Waals surface area contributed by atoms with Gasteiger partial charge in [-0.05, 0) is 80.6 Å². The van der Waals surface area contributed by atoms with Crippen LogP contribution in [0.3, 0.4) is 0 Å². The van der Waals surface area contributed by atoms with Crippen LogP contribution in [-0.4, -0.2) is 88.6 Å². The number of carbonyl (C=O) groups is 1. The van der Waals surface area contributed by atoms with E-state index < -0.39 is 47.8 Å². The van der Waals surface area contributed by atoms with Gasteiger partial charge in [-0.15, -0.1) is 0 Å². The lowest BCUT2D eigenvalue weighted by molar-refractivity contribution is -0.313. The van der Waals surface area contributed by atoms with Crippen molar-refractivity contribution >= 4 is 5.97 Å². The molecular formula is C30H46O9. The molecule has 6 aliphatic rings. The lowest BCUT2D eigenvalue weighted by atomic mass is 9.43. The minimum atomic E-state index is -1.06. The van der Waals surface area contributed by atoms with Crippen molar-refractivity contribution in [2.75, 3.05) is 13.7 Å². The van der Waals surface area contributed by atoms with Gasteiger partial charge in [0, 0.05) is 30.9 Å². The van der Waals surface area contributed by atoms with Crippen LogP contribution < -0.4 is 0 Å². The second kappa shape index (κ2) is 9.75. The molecule has 14 atom stereocenters. The van der Waals surface area contributed by atoms with Crippen LogP contribution in [0.4, 0.5) is 0 Å². The van der Waals surface area contributed by atoms with Gasteiger partial charge in [-0.3, -0.25) is 0 Å². The van der Waals surface area contributed by atoms with Gasteiger partial charge < -0.3 is 39.4 Å². The Bertz CT molecular complexity index is 1000. The number of ether oxygens (including phenoxy) is 4. The van der Waals surface area contributed by atoms with Crippen molar-refractivity contribution < 1.29 is 44.2 Å². The van der Waals surface area contributed by atoms with E-state index in [1.807, 2.05) is 0 Å². The Morgan fingerprint density at radius 2 is 1.79 bits per heavy atom. The van der Waals surface area contributed by atoms with E-state index >= 15 is 0 Å². The monoisotopic (exact) mass is 550 g/mol. The van der Waals surface area contributed by atoms with E-state index in [4.69, 9.17) is 18.9 Å². The van der Waals surface area contributed by atoms with Crippen molar-refractivity contribution in [3.05, 3.63) is 11.6 Å². The summed E-state index contributed by atoms with van der Waals surface area (Å²) >= 11 is 0. The van der Waals surface area contributed by atoms with Gasteiger partial charge in [-0.1, -0.05) is 13.8 Å². The van der Waals surface area contributed by atoms with E-state index in [1.54, 1.807) is 6.92 Å². The summed E-state index contributed by atoms with van der Waals surface area (Å²) in [7, 11) is 1.48. The Labute approximate surface area is 230 Å². The molecule has 39 heavy (non-hydrogen) atoms. The fourth-order valence-electron chi connectivity index (χ4n) is 10.2. The highest BCUT2D eigenvalue weighted by molar-refractivity contribution is 5.85. The fourth-order valence-corrected chi connectivity index (χ4v) is 10.2. The Balaban J connectivity index is 1.17. The number of cyclic esters (lactones) is 1. The van der Waals surface area contributed by atoms with Crippen molar-refractivity contribution in [1.82, 2.24) is 0 Å². The van der Waals surface area contributed by atoms with Gasteiger partial charge in [0.25, 0.3) is 0 Å². The van der Waals surface area contributed by atoms with Gasteiger partial charge in [0.05, 0.1) is 23.9 Å². The molecule has 4 N–H and O–H groups in total. The third-order valence-corrected chi connectivity index (χ3v) is 12.3.